The fraction of sp³-hybridized carbons (Fsp3) is 0.455. The number of ether oxygens (including phenoxy) is 1. The molecule has 2 aromatic rings. The van der Waals surface area contributed by atoms with E-state index in [4.69, 9.17) is 4.74 Å². The van der Waals surface area contributed by atoms with Gasteiger partial charge in [-0.25, -0.2) is 8.42 Å². The van der Waals surface area contributed by atoms with E-state index in [2.05, 4.69) is 24.8 Å². The highest BCUT2D eigenvalue weighted by molar-refractivity contribution is 7.89. The van der Waals surface area contributed by atoms with Gasteiger partial charge in [0.15, 0.2) is 0 Å². The molecule has 0 aromatic heterocycles. The van der Waals surface area contributed by atoms with Crippen molar-refractivity contribution in [2.24, 2.45) is 0 Å². The highest BCUT2D eigenvalue weighted by Gasteiger charge is 2.23. The van der Waals surface area contributed by atoms with Gasteiger partial charge in [0.2, 0.25) is 10.0 Å². The molecule has 3 rings (SSSR count). The summed E-state index contributed by atoms with van der Waals surface area (Å²) in [4.78, 5) is 2.60. The summed E-state index contributed by atoms with van der Waals surface area (Å²) < 4.78 is 33.0. The van der Waals surface area contributed by atoms with Gasteiger partial charge >= 0.3 is 0 Å². The summed E-state index contributed by atoms with van der Waals surface area (Å²) in [5.41, 5.74) is 3.26. The summed E-state index contributed by atoms with van der Waals surface area (Å²) in [6.07, 6.45) is 1.03. The summed E-state index contributed by atoms with van der Waals surface area (Å²) in [5, 5.41) is 0. The Labute approximate surface area is 169 Å². The Bertz CT molecular complexity index is 875. The monoisotopic (exact) mass is 402 g/mol. The van der Waals surface area contributed by atoms with Crippen molar-refractivity contribution in [3.63, 3.8) is 0 Å². The summed E-state index contributed by atoms with van der Waals surface area (Å²) in [5.74, 6) is 0.426. The molecule has 1 saturated heterocycles. The van der Waals surface area contributed by atoms with Crippen molar-refractivity contribution in [2.75, 3.05) is 38.3 Å². The van der Waals surface area contributed by atoms with E-state index in [9.17, 15) is 8.42 Å². The van der Waals surface area contributed by atoms with Crippen LogP contribution in [0.1, 0.15) is 37.3 Å². The molecule has 0 spiro atoms. The molecule has 0 bridgehead atoms. The van der Waals surface area contributed by atoms with Gasteiger partial charge < -0.3 is 9.64 Å². The normalized spacial score (nSPS) is 16.4. The number of benzene rings is 2. The average molecular weight is 403 g/mol. The number of hydrogen-bond acceptors (Lipinski definition) is 4. The van der Waals surface area contributed by atoms with Crippen LogP contribution in [-0.2, 0) is 21.3 Å². The maximum Gasteiger partial charge on any atom is 0.243 e. The Morgan fingerprint density at radius 2 is 1.71 bits per heavy atom. The third-order valence-electron chi connectivity index (χ3n) is 5.51. The molecule has 2 aromatic carbocycles. The SMILES string of the molecule is CC[C@@H](C)c1ccc(S(=O)(=O)N(C)Cc2ccccc2N2CCOCC2)cc1. The topological polar surface area (TPSA) is 49.9 Å². The van der Waals surface area contributed by atoms with Crippen LogP contribution >= 0.6 is 0 Å². The second-order valence-corrected chi connectivity index (χ2v) is 9.41. The number of rotatable bonds is 7. The Balaban J connectivity index is 1.79. The zero-order valence-corrected chi connectivity index (χ0v) is 17.8. The highest BCUT2D eigenvalue weighted by Crippen LogP contribution is 2.26. The molecule has 0 unspecified atom stereocenters. The molecule has 0 saturated carbocycles. The fourth-order valence-electron chi connectivity index (χ4n) is 3.47. The van der Waals surface area contributed by atoms with Crippen LogP contribution in [0.15, 0.2) is 53.4 Å². The van der Waals surface area contributed by atoms with Crippen LogP contribution in [0.5, 0.6) is 0 Å². The van der Waals surface area contributed by atoms with E-state index in [1.54, 1.807) is 19.2 Å². The minimum absolute atomic E-state index is 0.336. The maximum absolute atomic E-state index is 13.1. The Kier molecular flexibility index (Phi) is 6.75. The molecule has 0 N–H and O–H groups in total. The lowest BCUT2D eigenvalue weighted by atomic mass is 9.99. The molecule has 0 aliphatic carbocycles. The van der Waals surface area contributed by atoms with E-state index >= 15 is 0 Å². The van der Waals surface area contributed by atoms with Gasteiger partial charge in [-0.3, -0.25) is 0 Å². The summed E-state index contributed by atoms with van der Waals surface area (Å²) >= 11 is 0. The van der Waals surface area contributed by atoms with Crippen molar-refractivity contribution in [1.29, 1.82) is 0 Å². The molecule has 152 valence electrons. The van der Waals surface area contributed by atoms with Crippen LogP contribution in [-0.4, -0.2) is 46.1 Å². The summed E-state index contributed by atoms with van der Waals surface area (Å²) in [6.45, 7) is 7.67. The minimum Gasteiger partial charge on any atom is -0.378 e. The third-order valence-corrected chi connectivity index (χ3v) is 7.32. The van der Waals surface area contributed by atoms with E-state index in [0.29, 0.717) is 30.6 Å². The molecule has 5 nitrogen and oxygen atoms in total. The van der Waals surface area contributed by atoms with Crippen molar-refractivity contribution in [2.45, 2.75) is 37.6 Å². The van der Waals surface area contributed by atoms with Crippen molar-refractivity contribution < 1.29 is 13.2 Å². The predicted molar refractivity (Wildman–Crippen MR) is 113 cm³/mol. The molecule has 1 heterocycles. The quantitative estimate of drug-likeness (QED) is 0.706. The average Bonchev–Trinajstić information content (AvgIpc) is 2.74. The van der Waals surface area contributed by atoms with Crippen molar-refractivity contribution in [3.8, 4) is 0 Å². The van der Waals surface area contributed by atoms with Crippen LogP contribution in [0.25, 0.3) is 0 Å². The van der Waals surface area contributed by atoms with E-state index in [1.165, 1.54) is 9.87 Å². The molecule has 1 fully saturated rings. The second kappa shape index (κ2) is 9.07. The molecule has 0 amide bonds. The predicted octanol–water partition coefficient (Wildman–Crippen LogP) is 3.86. The Morgan fingerprint density at radius 3 is 2.36 bits per heavy atom. The Hall–Kier alpha value is -1.89. The second-order valence-electron chi connectivity index (χ2n) is 7.37. The van der Waals surface area contributed by atoms with Crippen molar-refractivity contribution >= 4 is 15.7 Å². The standard InChI is InChI=1S/C22H30N2O3S/c1-4-18(2)19-9-11-21(12-10-19)28(25,26)23(3)17-20-7-5-6-8-22(20)24-13-15-27-16-14-24/h5-12,18H,4,13-17H2,1-3H3/t18-/m1/s1. The minimum atomic E-state index is -3.54. The number of morpholine rings is 1. The first-order chi connectivity index (χ1) is 13.4. The van der Waals surface area contributed by atoms with Crippen LogP contribution in [0, 0.1) is 0 Å². The smallest absolute Gasteiger partial charge is 0.243 e. The van der Waals surface area contributed by atoms with Crippen molar-refractivity contribution in [3.05, 3.63) is 59.7 Å². The maximum atomic E-state index is 13.1. The van der Waals surface area contributed by atoms with Crippen LogP contribution in [0.4, 0.5) is 5.69 Å². The van der Waals surface area contributed by atoms with Gasteiger partial charge in [-0.15, -0.1) is 0 Å². The highest BCUT2D eigenvalue weighted by atomic mass is 32.2. The van der Waals surface area contributed by atoms with Gasteiger partial charge in [-0.2, -0.15) is 4.31 Å². The lowest BCUT2D eigenvalue weighted by Gasteiger charge is -2.31. The number of nitrogens with zero attached hydrogens (tertiary/aromatic N) is 2. The van der Waals surface area contributed by atoms with Crippen LogP contribution in [0.2, 0.25) is 0 Å². The van der Waals surface area contributed by atoms with E-state index < -0.39 is 10.0 Å². The van der Waals surface area contributed by atoms with Gasteiger partial charge in [0.05, 0.1) is 18.1 Å². The first-order valence-corrected chi connectivity index (χ1v) is 11.3. The fourth-order valence-corrected chi connectivity index (χ4v) is 4.62. The van der Waals surface area contributed by atoms with Crippen LogP contribution in [0.3, 0.4) is 0 Å². The van der Waals surface area contributed by atoms with Gasteiger partial charge in [0, 0.05) is 32.4 Å². The van der Waals surface area contributed by atoms with Gasteiger partial charge in [-0.05, 0) is 41.7 Å². The largest absolute Gasteiger partial charge is 0.378 e. The number of sulfonamides is 1. The summed E-state index contributed by atoms with van der Waals surface area (Å²) in [7, 11) is -1.90. The molecule has 1 aliphatic heterocycles. The lowest BCUT2D eigenvalue weighted by molar-refractivity contribution is 0.122. The first-order valence-electron chi connectivity index (χ1n) is 9.90. The van der Waals surface area contributed by atoms with Gasteiger partial charge in [-0.1, -0.05) is 44.2 Å². The Morgan fingerprint density at radius 1 is 1.07 bits per heavy atom. The zero-order valence-electron chi connectivity index (χ0n) is 17.0. The zero-order chi connectivity index (χ0) is 20.1. The third kappa shape index (κ3) is 4.57. The lowest BCUT2D eigenvalue weighted by Crippen LogP contribution is -2.37. The molecule has 6 heteroatoms. The van der Waals surface area contributed by atoms with E-state index in [-0.39, 0.29) is 0 Å². The molecule has 28 heavy (non-hydrogen) atoms. The number of anilines is 1. The first kappa shape index (κ1) is 20.8. The molecule has 1 aliphatic rings. The molecule has 0 radical (unpaired) electrons. The number of hydrogen-bond donors (Lipinski definition) is 0. The van der Waals surface area contributed by atoms with E-state index in [1.807, 2.05) is 30.3 Å². The van der Waals surface area contributed by atoms with Crippen molar-refractivity contribution in [1.82, 2.24) is 4.31 Å². The molecular formula is C22H30N2O3S. The molecular weight excluding hydrogens is 372 g/mol. The molecule has 1 atom stereocenters. The number of para-hydroxylation sites is 1. The summed E-state index contributed by atoms with van der Waals surface area (Å²) in [6, 6.07) is 15.3. The van der Waals surface area contributed by atoms with Gasteiger partial charge in [0.25, 0.3) is 0 Å². The van der Waals surface area contributed by atoms with Gasteiger partial charge in [0.1, 0.15) is 0 Å². The van der Waals surface area contributed by atoms with Crippen LogP contribution < -0.4 is 4.90 Å². The van der Waals surface area contributed by atoms with E-state index in [0.717, 1.165) is 30.8 Å².